The first-order chi connectivity index (χ1) is 10.6. The molecule has 0 saturated heterocycles. The molecule has 22 heavy (non-hydrogen) atoms. The molecule has 0 amide bonds. The van der Waals surface area contributed by atoms with Crippen LogP contribution in [0.2, 0.25) is 0 Å². The van der Waals surface area contributed by atoms with E-state index in [0.717, 1.165) is 0 Å². The lowest BCUT2D eigenvalue weighted by atomic mass is 10.3. The third-order valence-electron chi connectivity index (χ3n) is 2.65. The highest BCUT2D eigenvalue weighted by Gasteiger charge is 2.16. The number of carboxylic acids is 1. The molecule has 0 fully saturated rings. The van der Waals surface area contributed by atoms with Crippen molar-refractivity contribution in [1.82, 2.24) is 13.9 Å². The van der Waals surface area contributed by atoms with E-state index < -0.39 is 5.97 Å². The summed E-state index contributed by atoms with van der Waals surface area (Å²) >= 11 is 4.11. The zero-order valence-corrected chi connectivity index (χ0v) is 13.0. The Labute approximate surface area is 132 Å². The number of aromatic nitrogens is 3. The van der Waals surface area contributed by atoms with Gasteiger partial charge < -0.3 is 9.84 Å². The van der Waals surface area contributed by atoms with Crippen LogP contribution in [0.15, 0.2) is 42.7 Å². The van der Waals surface area contributed by atoms with E-state index in [1.165, 1.54) is 16.4 Å². The quantitative estimate of drug-likeness (QED) is 0.721. The van der Waals surface area contributed by atoms with Gasteiger partial charge in [0.2, 0.25) is 5.88 Å². The number of thiol groups is 1. The van der Waals surface area contributed by atoms with Crippen LogP contribution in [0.3, 0.4) is 0 Å². The minimum Gasteiger partial charge on any atom is -0.478 e. The van der Waals surface area contributed by atoms with Crippen LogP contribution in [0.1, 0.15) is 24.2 Å². The Kier molecular flexibility index (Phi) is 5.00. The topological polar surface area (TPSA) is 77.2 Å². The second-order valence-electron chi connectivity index (χ2n) is 3.99. The van der Waals surface area contributed by atoms with Crippen LogP contribution < -0.4 is 4.74 Å². The first-order valence-electron chi connectivity index (χ1n) is 6.68. The number of hydrogen-bond donors (Lipinski definition) is 2. The van der Waals surface area contributed by atoms with Crippen molar-refractivity contribution in [3.05, 3.63) is 48.3 Å². The normalized spacial score (nSPS) is 9.95. The summed E-state index contributed by atoms with van der Waals surface area (Å²) < 4.78 is 6.85. The second-order valence-corrected chi connectivity index (χ2v) is 4.42. The Hall–Kier alpha value is -2.54. The van der Waals surface area contributed by atoms with E-state index in [-0.39, 0.29) is 17.0 Å². The standard InChI is InChI=1S/C13H9N3O3S.C2H6/c17-13(18)9-7-16(20)12-11(9)15-10(6-14-12)19-8-4-2-1-3-5-8;1-2/h1-7,20H,(H,17,18);1-2H3. The van der Waals surface area contributed by atoms with E-state index in [1.54, 1.807) is 12.1 Å². The van der Waals surface area contributed by atoms with E-state index in [1.807, 2.05) is 32.0 Å². The van der Waals surface area contributed by atoms with Gasteiger partial charge in [-0.15, -0.1) is 0 Å². The molecule has 1 N–H and O–H groups in total. The molecule has 0 aliphatic rings. The summed E-state index contributed by atoms with van der Waals surface area (Å²) in [5, 5.41) is 9.12. The molecule has 1 aromatic carbocycles. The number of carboxylic acid groups (broad SMARTS) is 1. The number of rotatable bonds is 3. The molecular formula is C15H15N3O3S. The molecule has 0 spiro atoms. The molecule has 0 radical (unpaired) electrons. The van der Waals surface area contributed by atoms with Crippen molar-refractivity contribution >= 4 is 29.9 Å². The van der Waals surface area contributed by atoms with Gasteiger partial charge in [0.25, 0.3) is 0 Å². The van der Waals surface area contributed by atoms with Gasteiger partial charge in [0.15, 0.2) is 5.65 Å². The number of hydrogen-bond acceptors (Lipinski definition) is 5. The van der Waals surface area contributed by atoms with Crippen LogP contribution in [-0.4, -0.2) is 25.0 Å². The summed E-state index contributed by atoms with van der Waals surface area (Å²) in [7, 11) is 0. The van der Waals surface area contributed by atoms with Gasteiger partial charge in [-0.3, -0.25) is 3.97 Å². The Morgan fingerprint density at radius 2 is 1.95 bits per heavy atom. The summed E-state index contributed by atoms with van der Waals surface area (Å²) in [6.45, 7) is 4.00. The lowest BCUT2D eigenvalue weighted by Crippen LogP contribution is -1.96. The fourth-order valence-corrected chi connectivity index (χ4v) is 2.04. The molecule has 2 heterocycles. The molecule has 0 unspecified atom stereocenters. The van der Waals surface area contributed by atoms with Gasteiger partial charge in [0.1, 0.15) is 16.8 Å². The van der Waals surface area contributed by atoms with E-state index in [2.05, 4.69) is 22.8 Å². The van der Waals surface area contributed by atoms with Crippen LogP contribution in [0, 0.1) is 0 Å². The Morgan fingerprint density at radius 1 is 1.27 bits per heavy atom. The number of aromatic carboxylic acids is 1. The van der Waals surface area contributed by atoms with Crippen molar-refractivity contribution in [1.29, 1.82) is 0 Å². The summed E-state index contributed by atoms with van der Waals surface area (Å²) in [6, 6.07) is 9.06. The van der Waals surface area contributed by atoms with Crippen LogP contribution >= 0.6 is 12.8 Å². The summed E-state index contributed by atoms with van der Waals surface area (Å²) in [6.07, 6.45) is 2.77. The molecule has 0 atom stereocenters. The third kappa shape index (κ3) is 3.20. The molecule has 0 saturated carbocycles. The number of para-hydroxylation sites is 1. The largest absolute Gasteiger partial charge is 0.478 e. The third-order valence-corrected chi connectivity index (χ3v) is 2.96. The molecule has 3 rings (SSSR count). The molecule has 7 heteroatoms. The molecule has 114 valence electrons. The Balaban J connectivity index is 0.000000847. The van der Waals surface area contributed by atoms with Crippen molar-refractivity contribution in [2.45, 2.75) is 13.8 Å². The van der Waals surface area contributed by atoms with Gasteiger partial charge in [-0.1, -0.05) is 44.9 Å². The average Bonchev–Trinajstić information content (AvgIpc) is 2.87. The number of ether oxygens (including phenoxy) is 1. The minimum absolute atomic E-state index is 0.0287. The molecule has 0 aliphatic heterocycles. The lowest BCUT2D eigenvalue weighted by molar-refractivity contribution is 0.0699. The maximum atomic E-state index is 11.1. The maximum absolute atomic E-state index is 11.1. The summed E-state index contributed by atoms with van der Waals surface area (Å²) in [5.74, 6) is -0.261. The average molecular weight is 317 g/mol. The summed E-state index contributed by atoms with van der Waals surface area (Å²) in [5.41, 5.74) is 0.632. The maximum Gasteiger partial charge on any atom is 0.339 e. The van der Waals surface area contributed by atoms with Crippen molar-refractivity contribution in [3.63, 3.8) is 0 Å². The Bertz CT molecular complexity index is 787. The zero-order valence-electron chi connectivity index (χ0n) is 12.1. The van der Waals surface area contributed by atoms with E-state index >= 15 is 0 Å². The number of fused-ring (bicyclic) bond motifs is 1. The highest BCUT2D eigenvalue weighted by atomic mass is 32.1. The lowest BCUT2D eigenvalue weighted by Gasteiger charge is -2.04. The van der Waals surface area contributed by atoms with E-state index in [9.17, 15) is 4.79 Å². The summed E-state index contributed by atoms with van der Waals surface area (Å²) in [4.78, 5) is 19.4. The monoisotopic (exact) mass is 317 g/mol. The van der Waals surface area contributed by atoms with Gasteiger partial charge in [-0.2, -0.15) is 0 Å². The highest BCUT2D eigenvalue weighted by Crippen LogP contribution is 2.24. The fourth-order valence-electron chi connectivity index (χ4n) is 1.77. The van der Waals surface area contributed by atoms with Crippen LogP contribution in [-0.2, 0) is 0 Å². The molecule has 0 bridgehead atoms. The number of benzene rings is 1. The number of carbonyl (C=O) groups is 1. The smallest absolute Gasteiger partial charge is 0.339 e. The van der Waals surface area contributed by atoms with Crippen LogP contribution in [0.4, 0.5) is 0 Å². The highest BCUT2D eigenvalue weighted by molar-refractivity contribution is 7.78. The van der Waals surface area contributed by atoms with Gasteiger partial charge in [0.05, 0.1) is 6.20 Å². The molecule has 3 aromatic rings. The van der Waals surface area contributed by atoms with Gasteiger partial charge in [-0.05, 0) is 12.1 Å². The van der Waals surface area contributed by atoms with Crippen molar-refractivity contribution in [3.8, 4) is 11.6 Å². The molecular weight excluding hydrogens is 302 g/mol. The molecule has 2 aromatic heterocycles. The van der Waals surface area contributed by atoms with Gasteiger partial charge in [-0.25, -0.2) is 14.8 Å². The van der Waals surface area contributed by atoms with E-state index in [0.29, 0.717) is 11.4 Å². The zero-order chi connectivity index (χ0) is 16.1. The predicted octanol–water partition coefficient (Wildman–Crippen LogP) is 3.64. The van der Waals surface area contributed by atoms with E-state index in [4.69, 9.17) is 9.84 Å². The predicted molar refractivity (Wildman–Crippen MR) is 86.7 cm³/mol. The second kappa shape index (κ2) is 6.95. The van der Waals surface area contributed by atoms with Gasteiger partial charge >= 0.3 is 5.97 Å². The number of nitrogens with zero attached hydrogens (tertiary/aromatic N) is 3. The fraction of sp³-hybridized carbons (Fsp3) is 0.133. The first kappa shape index (κ1) is 15.8. The first-order valence-corrected chi connectivity index (χ1v) is 7.08. The SMILES string of the molecule is CC.O=C(O)c1cn(S)c2ncc(Oc3ccccc3)nc12. The minimum atomic E-state index is -1.09. The molecule has 6 nitrogen and oxygen atoms in total. The molecule has 0 aliphatic carbocycles. The van der Waals surface area contributed by atoms with Crippen LogP contribution in [0.25, 0.3) is 11.2 Å². The van der Waals surface area contributed by atoms with Crippen LogP contribution in [0.5, 0.6) is 11.6 Å². The van der Waals surface area contributed by atoms with Crippen molar-refractivity contribution in [2.75, 3.05) is 0 Å². The van der Waals surface area contributed by atoms with Crippen molar-refractivity contribution < 1.29 is 14.6 Å². The van der Waals surface area contributed by atoms with Gasteiger partial charge in [0, 0.05) is 6.20 Å². The van der Waals surface area contributed by atoms with Crippen molar-refractivity contribution in [2.24, 2.45) is 0 Å². The Morgan fingerprint density at radius 3 is 2.59 bits per heavy atom.